The summed E-state index contributed by atoms with van der Waals surface area (Å²) >= 11 is 0. The zero-order valence-corrected chi connectivity index (χ0v) is 10.4. The molecule has 2 fully saturated rings. The van der Waals surface area contributed by atoms with E-state index in [1.54, 1.807) is 0 Å². The molecule has 0 aromatic rings. The van der Waals surface area contributed by atoms with Gasteiger partial charge in [-0.05, 0) is 49.9 Å². The normalized spacial score (nSPS) is 36.7. The fraction of sp³-hybridized carbons (Fsp3) is 0.786. The summed E-state index contributed by atoms with van der Waals surface area (Å²) in [5, 5.41) is 0. The summed E-state index contributed by atoms with van der Waals surface area (Å²) in [5.41, 5.74) is -0.164. The maximum Gasteiger partial charge on any atom is 0.330 e. The summed E-state index contributed by atoms with van der Waals surface area (Å²) in [5.74, 6) is 1.73. The van der Waals surface area contributed by atoms with Gasteiger partial charge >= 0.3 is 5.97 Å². The van der Waals surface area contributed by atoms with E-state index >= 15 is 0 Å². The Balaban J connectivity index is 2.13. The number of esters is 1. The maximum atomic E-state index is 11.5. The van der Waals surface area contributed by atoms with Gasteiger partial charge in [-0.25, -0.2) is 4.79 Å². The van der Waals surface area contributed by atoms with Crippen molar-refractivity contribution in [3.05, 3.63) is 12.7 Å². The first kappa shape index (κ1) is 11.7. The summed E-state index contributed by atoms with van der Waals surface area (Å²) in [6.07, 6.45) is 7.21. The van der Waals surface area contributed by atoms with E-state index in [1.165, 1.54) is 25.3 Å². The van der Waals surface area contributed by atoms with E-state index in [2.05, 4.69) is 20.4 Å². The van der Waals surface area contributed by atoms with Gasteiger partial charge in [0, 0.05) is 6.08 Å². The Morgan fingerprint density at radius 3 is 2.75 bits per heavy atom. The molecule has 2 saturated carbocycles. The number of carbonyl (C=O) groups excluding carboxylic acids is 1. The van der Waals surface area contributed by atoms with Crippen LogP contribution in [0, 0.1) is 17.8 Å². The van der Waals surface area contributed by atoms with Gasteiger partial charge in [0.2, 0.25) is 0 Å². The van der Waals surface area contributed by atoms with Crippen molar-refractivity contribution in [2.45, 2.75) is 51.6 Å². The Morgan fingerprint density at radius 1 is 1.56 bits per heavy atom. The van der Waals surface area contributed by atoms with Crippen molar-refractivity contribution in [2.24, 2.45) is 17.8 Å². The van der Waals surface area contributed by atoms with E-state index in [0.29, 0.717) is 11.8 Å². The number of ether oxygens (including phenoxy) is 1. The fourth-order valence-corrected chi connectivity index (χ4v) is 3.74. The number of rotatable bonds is 4. The van der Waals surface area contributed by atoms with E-state index < -0.39 is 0 Å². The molecule has 0 aliphatic heterocycles. The maximum absolute atomic E-state index is 11.5. The van der Waals surface area contributed by atoms with Gasteiger partial charge in [-0.1, -0.05) is 20.4 Å². The van der Waals surface area contributed by atoms with Crippen molar-refractivity contribution in [3.63, 3.8) is 0 Å². The molecule has 90 valence electrons. The first-order valence-electron chi connectivity index (χ1n) is 6.41. The lowest BCUT2D eigenvalue weighted by atomic mass is 9.78. The van der Waals surface area contributed by atoms with Crippen LogP contribution < -0.4 is 0 Å². The second-order valence-corrected chi connectivity index (χ2v) is 5.87. The van der Waals surface area contributed by atoms with Crippen LogP contribution in [-0.4, -0.2) is 11.6 Å². The second-order valence-electron chi connectivity index (χ2n) is 5.87. The largest absolute Gasteiger partial charge is 0.456 e. The van der Waals surface area contributed by atoms with Gasteiger partial charge < -0.3 is 4.74 Å². The Kier molecular flexibility index (Phi) is 3.09. The van der Waals surface area contributed by atoms with Gasteiger partial charge in [-0.3, -0.25) is 0 Å². The van der Waals surface area contributed by atoms with Crippen LogP contribution in [-0.2, 0) is 9.53 Å². The summed E-state index contributed by atoms with van der Waals surface area (Å²) in [6.45, 7) is 7.91. The molecule has 2 heteroatoms. The van der Waals surface area contributed by atoms with Crippen LogP contribution in [0.4, 0.5) is 0 Å². The van der Waals surface area contributed by atoms with Crippen LogP contribution in [0.5, 0.6) is 0 Å². The Bertz CT molecular complexity index is 295. The highest BCUT2D eigenvalue weighted by Gasteiger charge is 2.53. The molecule has 3 unspecified atom stereocenters. The van der Waals surface area contributed by atoms with Crippen LogP contribution in [0.3, 0.4) is 0 Å². The molecule has 2 aliphatic carbocycles. The molecule has 2 aliphatic rings. The Hall–Kier alpha value is -0.790. The zero-order valence-electron chi connectivity index (χ0n) is 10.4. The quantitative estimate of drug-likeness (QED) is 0.539. The molecule has 0 saturated heterocycles. The molecule has 0 radical (unpaired) electrons. The van der Waals surface area contributed by atoms with Crippen molar-refractivity contribution in [2.75, 3.05) is 0 Å². The van der Waals surface area contributed by atoms with Gasteiger partial charge in [0.15, 0.2) is 0 Å². The lowest BCUT2D eigenvalue weighted by molar-refractivity contribution is -0.161. The summed E-state index contributed by atoms with van der Waals surface area (Å²) in [4.78, 5) is 11.5. The fourth-order valence-electron chi connectivity index (χ4n) is 3.74. The highest BCUT2D eigenvalue weighted by molar-refractivity contribution is 5.81. The van der Waals surface area contributed by atoms with Crippen molar-refractivity contribution < 1.29 is 9.53 Å². The Labute approximate surface area is 98.1 Å². The highest BCUT2D eigenvalue weighted by atomic mass is 16.6. The topological polar surface area (TPSA) is 26.3 Å². The third-order valence-electron chi connectivity index (χ3n) is 4.14. The summed E-state index contributed by atoms with van der Waals surface area (Å²) in [7, 11) is 0. The Morgan fingerprint density at radius 2 is 2.31 bits per heavy atom. The summed E-state index contributed by atoms with van der Waals surface area (Å²) < 4.78 is 5.74. The monoisotopic (exact) mass is 222 g/mol. The van der Waals surface area contributed by atoms with E-state index in [4.69, 9.17) is 4.74 Å². The number of hydrogen-bond acceptors (Lipinski definition) is 2. The van der Waals surface area contributed by atoms with Crippen molar-refractivity contribution >= 4 is 5.97 Å². The van der Waals surface area contributed by atoms with E-state index in [1.807, 2.05) is 0 Å². The third kappa shape index (κ3) is 2.02. The van der Waals surface area contributed by atoms with Crippen LogP contribution in [0.1, 0.15) is 46.0 Å². The first-order chi connectivity index (χ1) is 7.55. The SMILES string of the molecule is C=CC(=O)OC1(CC(C)C)CC2CCC1C2. The first-order valence-corrected chi connectivity index (χ1v) is 6.41. The summed E-state index contributed by atoms with van der Waals surface area (Å²) in [6, 6.07) is 0. The molecule has 2 bridgehead atoms. The van der Waals surface area contributed by atoms with Crippen LogP contribution in [0.2, 0.25) is 0 Å². The van der Waals surface area contributed by atoms with Crippen molar-refractivity contribution in [1.82, 2.24) is 0 Å². The molecule has 0 amide bonds. The predicted molar refractivity (Wildman–Crippen MR) is 63.9 cm³/mol. The minimum absolute atomic E-state index is 0.164. The molecule has 0 aromatic carbocycles. The van der Waals surface area contributed by atoms with Gasteiger partial charge in [-0.15, -0.1) is 0 Å². The third-order valence-corrected chi connectivity index (χ3v) is 4.14. The minimum Gasteiger partial charge on any atom is -0.456 e. The molecule has 16 heavy (non-hydrogen) atoms. The molecule has 2 rings (SSSR count). The van der Waals surface area contributed by atoms with Crippen LogP contribution in [0.25, 0.3) is 0 Å². The lowest BCUT2D eigenvalue weighted by Crippen LogP contribution is -2.41. The average Bonchev–Trinajstić information content (AvgIpc) is 2.76. The molecule has 0 heterocycles. The van der Waals surface area contributed by atoms with Crippen molar-refractivity contribution in [3.8, 4) is 0 Å². The standard InChI is InChI=1S/C14H22O2/c1-4-13(15)16-14(8-10(2)3)9-11-5-6-12(14)7-11/h4,10-12H,1,5-9H2,2-3H3. The number of carbonyl (C=O) groups is 1. The smallest absolute Gasteiger partial charge is 0.330 e. The molecular formula is C14H22O2. The van der Waals surface area contributed by atoms with Crippen LogP contribution in [0.15, 0.2) is 12.7 Å². The molecule has 2 nitrogen and oxygen atoms in total. The lowest BCUT2D eigenvalue weighted by Gasteiger charge is -2.38. The number of fused-ring (bicyclic) bond motifs is 2. The molecule has 0 aromatic heterocycles. The van der Waals surface area contributed by atoms with Crippen LogP contribution >= 0.6 is 0 Å². The average molecular weight is 222 g/mol. The molecule has 0 N–H and O–H groups in total. The highest BCUT2D eigenvalue weighted by Crippen LogP contribution is 2.55. The predicted octanol–water partition coefficient (Wildman–Crippen LogP) is 3.32. The van der Waals surface area contributed by atoms with Crippen molar-refractivity contribution in [1.29, 1.82) is 0 Å². The zero-order chi connectivity index (χ0) is 11.8. The van der Waals surface area contributed by atoms with E-state index in [-0.39, 0.29) is 11.6 Å². The second kappa shape index (κ2) is 4.23. The van der Waals surface area contributed by atoms with Gasteiger partial charge in [0.1, 0.15) is 5.60 Å². The minimum atomic E-state index is -0.242. The molecular weight excluding hydrogens is 200 g/mol. The van der Waals surface area contributed by atoms with E-state index in [0.717, 1.165) is 18.8 Å². The van der Waals surface area contributed by atoms with Gasteiger partial charge in [0.25, 0.3) is 0 Å². The van der Waals surface area contributed by atoms with Gasteiger partial charge in [0.05, 0.1) is 0 Å². The number of hydrogen-bond donors (Lipinski definition) is 0. The molecule has 3 atom stereocenters. The van der Waals surface area contributed by atoms with Gasteiger partial charge in [-0.2, -0.15) is 0 Å². The van der Waals surface area contributed by atoms with E-state index in [9.17, 15) is 4.79 Å². The molecule has 0 spiro atoms.